The lowest BCUT2D eigenvalue weighted by Gasteiger charge is -2.21. The summed E-state index contributed by atoms with van der Waals surface area (Å²) >= 11 is 0. The third-order valence-corrected chi connectivity index (χ3v) is 5.80. The van der Waals surface area contributed by atoms with E-state index in [-0.39, 0.29) is 11.4 Å². The first-order valence-corrected chi connectivity index (χ1v) is 9.47. The SMILES string of the molecule is CCCN1CCCN(S(=O)(=O)Cc2cccc([N+](=O)[O-])c2)CC1. The Balaban J connectivity index is 2.06. The summed E-state index contributed by atoms with van der Waals surface area (Å²) in [4.78, 5) is 12.6. The first-order valence-electron chi connectivity index (χ1n) is 7.86. The fraction of sp³-hybridized carbons (Fsp3) is 0.600. The van der Waals surface area contributed by atoms with E-state index in [2.05, 4.69) is 11.8 Å². The zero-order valence-electron chi connectivity index (χ0n) is 13.3. The Hall–Kier alpha value is -1.51. The van der Waals surface area contributed by atoms with Crippen molar-refractivity contribution in [3.8, 4) is 0 Å². The number of rotatable bonds is 6. The Bertz CT molecular complexity index is 648. The lowest BCUT2D eigenvalue weighted by Crippen LogP contribution is -2.36. The van der Waals surface area contributed by atoms with E-state index < -0.39 is 14.9 Å². The van der Waals surface area contributed by atoms with Crippen molar-refractivity contribution in [2.75, 3.05) is 32.7 Å². The van der Waals surface area contributed by atoms with Gasteiger partial charge >= 0.3 is 0 Å². The molecule has 23 heavy (non-hydrogen) atoms. The van der Waals surface area contributed by atoms with Crippen molar-refractivity contribution < 1.29 is 13.3 Å². The first kappa shape index (κ1) is 17.8. The van der Waals surface area contributed by atoms with E-state index in [1.807, 2.05) is 0 Å². The van der Waals surface area contributed by atoms with Crippen molar-refractivity contribution in [3.63, 3.8) is 0 Å². The monoisotopic (exact) mass is 341 g/mol. The van der Waals surface area contributed by atoms with Gasteiger partial charge in [0.2, 0.25) is 10.0 Å². The second-order valence-corrected chi connectivity index (χ2v) is 7.75. The number of nitrogens with zero attached hydrogens (tertiary/aromatic N) is 3. The number of sulfonamides is 1. The van der Waals surface area contributed by atoms with Crippen LogP contribution >= 0.6 is 0 Å². The van der Waals surface area contributed by atoms with Crippen LogP contribution < -0.4 is 0 Å². The van der Waals surface area contributed by atoms with Crippen molar-refractivity contribution >= 4 is 15.7 Å². The highest BCUT2D eigenvalue weighted by Crippen LogP contribution is 2.18. The number of nitro benzene ring substituents is 1. The van der Waals surface area contributed by atoms with E-state index in [0.717, 1.165) is 32.5 Å². The lowest BCUT2D eigenvalue weighted by atomic mass is 10.2. The zero-order valence-corrected chi connectivity index (χ0v) is 14.2. The van der Waals surface area contributed by atoms with Crippen LogP contribution in [0.15, 0.2) is 24.3 Å². The highest BCUT2D eigenvalue weighted by Gasteiger charge is 2.25. The maximum Gasteiger partial charge on any atom is 0.269 e. The van der Waals surface area contributed by atoms with Crippen molar-refractivity contribution in [2.45, 2.75) is 25.5 Å². The fourth-order valence-electron chi connectivity index (χ4n) is 2.83. The summed E-state index contributed by atoms with van der Waals surface area (Å²) in [6.45, 7) is 5.74. The summed E-state index contributed by atoms with van der Waals surface area (Å²) in [5.41, 5.74) is 0.372. The molecule has 8 heteroatoms. The maximum atomic E-state index is 12.6. The first-order chi connectivity index (χ1) is 10.9. The molecule has 0 atom stereocenters. The van der Waals surface area contributed by atoms with Crippen molar-refractivity contribution in [2.24, 2.45) is 0 Å². The van der Waals surface area contributed by atoms with Crippen LogP contribution in [0.2, 0.25) is 0 Å². The van der Waals surface area contributed by atoms with Crippen molar-refractivity contribution in [1.29, 1.82) is 0 Å². The third-order valence-electron chi connectivity index (χ3n) is 3.95. The van der Waals surface area contributed by atoms with E-state index in [1.54, 1.807) is 6.07 Å². The van der Waals surface area contributed by atoms with Gasteiger partial charge in [0.15, 0.2) is 0 Å². The minimum atomic E-state index is -3.46. The second-order valence-electron chi connectivity index (χ2n) is 5.78. The molecule has 0 aliphatic carbocycles. The van der Waals surface area contributed by atoms with Gasteiger partial charge in [0.25, 0.3) is 5.69 Å². The van der Waals surface area contributed by atoms with E-state index >= 15 is 0 Å². The van der Waals surface area contributed by atoms with Gasteiger partial charge in [0, 0.05) is 31.8 Å². The van der Waals surface area contributed by atoms with Crippen LogP contribution in [0.5, 0.6) is 0 Å². The van der Waals surface area contributed by atoms with Crippen LogP contribution in [0.4, 0.5) is 5.69 Å². The minimum Gasteiger partial charge on any atom is -0.302 e. The Morgan fingerprint density at radius 3 is 2.70 bits per heavy atom. The molecule has 0 radical (unpaired) electrons. The molecule has 2 rings (SSSR count). The largest absolute Gasteiger partial charge is 0.302 e. The number of non-ortho nitro benzene ring substituents is 1. The summed E-state index contributed by atoms with van der Waals surface area (Å²) in [7, 11) is -3.46. The van der Waals surface area contributed by atoms with Crippen molar-refractivity contribution in [3.05, 3.63) is 39.9 Å². The number of nitro groups is 1. The van der Waals surface area contributed by atoms with Crippen LogP contribution in [-0.4, -0.2) is 55.3 Å². The highest BCUT2D eigenvalue weighted by atomic mass is 32.2. The molecule has 0 bridgehead atoms. The normalized spacial score (nSPS) is 17.8. The molecule has 1 aliphatic heterocycles. The number of benzene rings is 1. The molecule has 1 fully saturated rings. The molecule has 0 aromatic heterocycles. The second kappa shape index (κ2) is 7.85. The fourth-order valence-corrected chi connectivity index (χ4v) is 4.38. The molecular weight excluding hydrogens is 318 g/mol. The average Bonchev–Trinajstić information content (AvgIpc) is 2.73. The molecular formula is C15H23N3O4S. The predicted molar refractivity (Wildman–Crippen MR) is 88.6 cm³/mol. The standard InChI is InChI=1S/C15H23N3O4S/c1-2-7-16-8-4-9-17(11-10-16)23(21,22)13-14-5-3-6-15(12-14)18(19)20/h3,5-6,12H,2,4,7-11,13H2,1H3. The average molecular weight is 341 g/mol. The van der Waals surface area contributed by atoms with E-state index in [4.69, 9.17) is 0 Å². The molecule has 1 aromatic rings. The molecule has 0 unspecified atom stereocenters. The summed E-state index contributed by atoms with van der Waals surface area (Å²) in [6.07, 6.45) is 1.87. The minimum absolute atomic E-state index is 0.0808. The molecule has 1 aromatic carbocycles. The van der Waals surface area contributed by atoms with Gasteiger partial charge in [-0.25, -0.2) is 12.7 Å². The topological polar surface area (TPSA) is 83.8 Å². The predicted octanol–water partition coefficient (Wildman–Crippen LogP) is 1.84. The molecule has 7 nitrogen and oxygen atoms in total. The van der Waals surface area contributed by atoms with Crippen LogP contribution in [0, 0.1) is 10.1 Å². The van der Waals surface area contributed by atoms with Gasteiger partial charge in [0.05, 0.1) is 10.7 Å². The molecule has 1 heterocycles. The summed E-state index contributed by atoms with van der Waals surface area (Å²) in [5, 5.41) is 10.8. The van der Waals surface area contributed by atoms with Crippen LogP contribution in [0.25, 0.3) is 0 Å². The van der Waals surface area contributed by atoms with Crippen LogP contribution in [0.1, 0.15) is 25.3 Å². The van der Waals surface area contributed by atoms with Gasteiger partial charge in [-0.05, 0) is 31.5 Å². The summed E-state index contributed by atoms with van der Waals surface area (Å²) in [6, 6.07) is 5.84. The van der Waals surface area contributed by atoms with Gasteiger partial charge in [-0.2, -0.15) is 0 Å². The Morgan fingerprint density at radius 1 is 1.22 bits per heavy atom. The van der Waals surface area contributed by atoms with Crippen LogP contribution in [0.3, 0.4) is 0 Å². The summed E-state index contributed by atoms with van der Waals surface area (Å²) in [5.74, 6) is -0.192. The lowest BCUT2D eigenvalue weighted by molar-refractivity contribution is -0.384. The quantitative estimate of drug-likeness (QED) is 0.582. The third kappa shape index (κ3) is 4.98. The maximum absolute atomic E-state index is 12.6. The Morgan fingerprint density at radius 2 is 2.00 bits per heavy atom. The molecule has 0 spiro atoms. The zero-order chi connectivity index (χ0) is 16.9. The van der Waals surface area contributed by atoms with Gasteiger partial charge in [-0.15, -0.1) is 0 Å². The molecule has 0 amide bonds. The van der Waals surface area contributed by atoms with Crippen molar-refractivity contribution in [1.82, 2.24) is 9.21 Å². The Labute approximate surface area is 137 Å². The van der Waals surface area contributed by atoms with Crippen LogP contribution in [-0.2, 0) is 15.8 Å². The number of hydrogen-bond acceptors (Lipinski definition) is 5. The molecule has 0 saturated carbocycles. The van der Waals surface area contributed by atoms with Gasteiger partial charge in [0.1, 0.15) is 0 Å². The van der Waals surface area contributed by atoms with Gasteiger partial charge in [-0.1, -0.05) is 19.1 Å². The number of hydrogen-bond donors (Lipinski definition) is 0. The molecule has 0 N–H and O–H groups in total. The van der Waals surface area contributed by atoms with E-state index in [0.29, 0.717) is 18.7 Å². The van der Waals surface area contributed by atoms with E-state index in [1.165, 1.54) is 22.5 Å². The van der Waals surface area contributed by atoms with Gasteiger partial charge < -0.3 is 4.90 Å². The smallest absolute Gasteiger partial charge is 0.269 e. The molecule has 128 valence electrons. The van der Waals surface area contributed by atoms with Gasteiger partial charge in [-0.3, -0.25) is 10.1 Å². The molecule has 1 aliphatic rings. The Kier molecular flexibility index (Phi) is 6.09. The van der Waals surface area contributed by atoms with E-state index in [9.17, 15) is 18.5 Å². The summed E-state index contributed by atoms with van der Waals surface area (Å²) < 4.78 is 26.7. The molecule has 1 saturated heterocycles. The highest BCUT2D eigenvalue weighted by molar-refractivity contribution is 7.88.